The van der Waals surface area contributed by atoms with Crippen LogP contribution in [0.5, 0.6) is 0 Å². The first-order valence-corrected chi connectivity index (χ1v) is 21.1. The van der Waals surface area contributed by atoms with Crippen molar-refractivity contribution < 1.29 is 32.6 Å². The largest absolute Gasteiger partial charge is 0.394 e. The normalized spacial score (nSPS) is 14.1. The second kappa shape index (κ2) is 18.5. The molecule has 300 valence electrons. The van der Waals surface area contributed by atoms with Crippen LogP contribution in [0.1, 0.15) is 87.6 Å². The van der Waals surface area contributed by atoms with E-state index in [4.69, 9.17) is 21.4 Å². The Bertz CT molecular complexity index is 2370. The molecule has 0 fully saturated rings. The van der Waals surface area contributed by atoms with E-state index >= 15 is 0 Å². The highest BCUT2D eigenvalue weighted by Crippen LogP contribution is 2.31. The molecule has 0 saturated carbocycles. The van der Waals surface area contributed by atoms with Crippen molar-refractivity contribution in [3.05, 3.63) is 124 Å². The number of nitrogens with one attached hydrogen (secondary N) is 1. The Kier molecular flexibility index (Phi) is 13.5. The van der Waals surface area contributed by atoms with Crippen molar-refractivity contribution in [2.24, 2.45) is 0 Å². The van der Waals surface area contributed by atoms with Crippen LogP contribution in [-0.2, 0) is 27.7 Å². The summed E-state index contributed by atoms with van der Waals surface area (Å²) in [6.45, 7) is 7.16. The van der Waals surface area contributed by atoms with E-state index in [1.54, 1.807) is 34.9 Å². The number of sulfonamides is 1. The highest BCUT2D eigenvalue weighted by molar-refractivity contribution is 7.90. The smallest absolute Gasteiger partial charge is 0.275 e. The fraction of sp³-hybridized carbons (Fsp3) is 0.349. The van der Waals surface area contributed by atoms with Gasteiger partial charge < -0.3 is 19.6 Å². The maximum absolute atomic E-state index is 15.0. The lowest BCUT2D eigenvalue weighted by atomic mass is 9.93. The molecule has 5 aromatic rings. The van der Waals surface area contributed by atoms with Gasteiger partial charge in [-0.15, -0.1) is 0 Å². The Labute approximate surface area is 338 Å². The minimum Gasteiger partial charge on any atom is -0.394 e. The van der Waals surface area contributed by atoms with Crippen LogP contribution < -0.4 is 4.72 Å². The van der Waals surface area contributed by atoms with Gasteiger partial charge in [0.05, 0.1) is 52.7 Å². The lowest BCUT2D eigenvalue weighted by molar-refractivity contribution is 0.0278. The van der Waals surface area contributed by atoms with Crippen LogP contribution in [0.2, 0.25) is 5.02 Å². The van der Waals surface area contributed by atoms with Crippen molar-refractivity contribution in [1.82, 2.24) is 24.3 Å². The number of aliphatic hydroxyl groups excluding tert-OH is 1. The van der Waals surface area contributed by atoms with Gasteiger partial charge in [-0.05, 0) is 78.4 Å². The maximum atomic E-state index is 15.0. The summed E-state index contributed by atoms with van der Waals surface area (Å²) in [6.07, 6.45) is 3.91. The molecule has 0 saturated heterocycles. The quantitative estimate of drug-likeness (QED) is 0.104. The Hall–Kier alpha value is -5.08. The summed E-state index contributed by atoms with van der Waals surface area (Å²) in [6, 6.07) is 23.5. The number of carbonyl (C=O) groups is 3. The first-order valence-electron chi connectivity index (χ1n) is 19.3. The second-order valence-corrected chi connectivity index (χ2v) is 16.3. The van der Waals surface area contributed by atoms with Crippen LogP contribution in [0.4, 0.5) is 0 Å². The van der Waals surface area contributed by atoms with Crippen LogP contribution in [0, 0.1) is 6.92 Å². The van der Waals surface area contributed by atoms with Gasteiger partial charge in [0.2, 0.25) is 0 Å². The number of nitrogens with zero attached hydrogens (tertiary/aromatic N) is 4. The number of ether oxygens (including phenoxy) is 1. The number of fused-ring (bicyclic) bond motifs is 2. The standard InChI is InChI=1S/C43H48ClN5O7S/c1-4-6-20-47(21-7-5-2)43(53)40-39(44)29(3)49(45-40)38-19-17-33(41(51)46-57(54,55)36-18-16-30-12-8-9-14-32(30)25-36)26-37(38)42(52)48-27-34-15-11-10-13-31(34)24-35(48)28-56-23-22-50/h8-19,25-26,35,50H,4-7,20-24,27-28H2,1-3H3,(H,46,51). The molecule has 1 atom stereocenters. The molecule has 0 aliphatic carbocycles. The third kappa shape index (κ3) is 9.23. The summed E-state index contributed by atoms with van der Waals surface area (Å²) in [4.78, 5) is 46.0. The van der Waals surface area contributed by atoms with E-state index in [9.17, 15) is 27.9 Å². The molecular weight excluding hydrogens is 766 g/mol. The average molecular weight is 814 g/mol. The van der Waals surface area contributed by atoms with Gasteiger partial charge in [0.15, 0.2) is 5.69 Å². The lowest BCUT2D eigenvalue weighted by Gasteiger charge is -2.37. The number of halogens is 1. The first kappa shape index (κ1) is 41.6. The maximum Gasteiger partial charge on any atom is 0.275 e. The molecule has 2 heterocycles. The van der Waals surface area contributed by atoms with Gasteiger partial charge in [0.25, 0.3) is 27.7 Å². The average Bonchev–Trinajstić information content (AvgIpc) is 3.52. The molecule has 1 aliphatic heterocycles. The third-order valence-electron chi connectivity index (χ3n) is 10.2. The molecule has 0 bridgehead atoms. The zero-order valence-corrected chi connectivity index (χ0v) is 34.0. The molecule has 1 unspecified atom stereocenters. The van der Waals surface area contributed by atoms with E-state index in [2.05, 4.69) is 18.6 Å². The van der Waals surface area contributed by atoms with Crippen molar-refractivity contribution in [3.63, 3.8) is 0 Å². The van der Waals surface area contributed by atoms with Crippen LogP contribution in [0.25, 0.3) is 16.5 Å². The number of benzene rings is 4. The fourth-order valence-corrected chi connectivity index (χ4v) is 8.25. The predicted octanol–water partition coefficient (Wildman–Crippen LogP) is 6.72. The van der Waals surface area contributed by atoms with Gasteiger partial charge >= 0.3 is 0 Å². The Morgan fingerprint density at radius 1 is 0.930 bits per heavy atom. The molecule has 3 amide bonds. The fourth-order valence-electron chi connectivity index (χ4n) is 7.04. The lowest BCUT2D eigenvalue weighted by Crippen LogP contribution is -2.47. The number of aliphatic hydroxyl groups is 1. The summed E-state index contributed by atoms with van der Waals surface area (Å²) in [5.41, 5.74) is 2.64. The van der Waals surface area contributed by atoms with E-state index in [0.29, 0.717) is 30.6 Å². The summed E-state index contributed by atoms with van der Waals surface area (Å²) in [7, 11) is -4.32. The van der Waals surface area contributed by atoms with Crippen molar-refractivity contribution in [3.8, 4) is 5.69 Å². The highest BCUT2D eigenvalue weighted by Gasteiger charge is 2.34. The van der Waals surface area contributed by atoms with Crippen LogP contribution in [0.15, 0.2) is 89.8 Å². The van der Waals surface area contributed by atoms with Crippen molar-refractivity contribution >= 4 is 50.1 Å². The number of rotatable bonds is 16. The molecule has 1 aromatic heterocycles. The Morgan fingerprint density at radius 3 is 2.32 bits per heavy atom. The molecule has 4 aromatic carbocycles. The van der Waals surface area contributed by atoms with Crippen molar-refractivity contribution in [2.75, 3.05) is 32.9 Å². The molecule has 6 rings (SSSR count). The summed E-state index contributed by atoms with van der Waals surface area (Å²) < 4.78 is 36.4. The molecule has 0 spiro atoms. The highest BCUT2D eigenvalue weighted by atomic mass is 35.5. The summed E-state index contributed by atoms with van der Waals surface area (Å²) >= 11 is 6.86. The van der Waals surface area contributed by atoms with Crippen LogP contribution in [0.3, 0.4) is 0 Å². The third-order valence-corrected chi connectivity index (χ3v) is 12.0. The summed E-state index contributed by atoms with van der Waals surface area (Å²) in [5.74, 6) is -1.74. The SMILES string of the molecule is CCCCN(CCCC)C(=O)c1nn(-c2ccc(C(=O)NS(=O)(=O)c3ccc4ccccc4c3)cc2C(=O)N2Cc3ccccc3CC2COCCO)c(C)c1Cl. The minimum absolute atomic E-state index is 0.0346. The van der Waals surface area contributed by atoms with E-state index in [-0.39, 0.29) is 64.7 Å². The molecule has 1 aliphatic rings. The van der Waals surface area contributed by atoms with Gasteiger partial charge in [-0.25, -0.2) is 17.8 Å². The predicted molar refractivity (Wildman–Crippen MR) is 219 cm³/mol. The zero-order chi connectivity index (χ0) is 40.7. The summed E-state index contributed by atoms with van der Waals surface area (Å²) in [5, 5.41) is 15.8. The zero-order valence-electron chi connectivity index (χ0n) is 32.4. The molecule has 57 heavy (non-hydrogen) atoms. The number of unbranched alkanes of at least 4 members (excludes halogenated alkanes) is 2. The number of aromatic nitrogens is 2. The van der Waals surface area contributed by atoms with E-state index < -0.39 is 27.9 Å². The van der Waals surface area contributed by atoms with Crippen molar-refractivity contribution in [2.45, 2.75) is 70.4 Å². The number of amides is 3. The Morgan fingerprint density at radius 2 is 1.61 bits per heavy atom. The van der Waals surface area contributed by atoms with Crippen molar-refractivity contribution in [1.29, 1.82) is 0 Å². The Balaban J connectivity index is 1.42. The van der Waals surface area contributed by atoms with Crippen LogP contribution in [-0.4, -0.2) is 89.8 Å². The van der Waals surface area contributed by atoms with E-state index in [0.717, 1.165) is 42.2 Å². The topological polar surface area (TPSA) is 151 Å². The number of hydrogen-bond acceptors (Lipinski definition) is 8. The van der Waals surface area contributed by atoms with E-state index in [1.165, 1.54) is 35.0 Å². The van der Waals surface area contributed by atoms with Gasteiger partial charge in [0, 0.05) is 25.2 Å². The monoisotopic (exact) mass is 813 g/mol. The molecular formula is C43H48ClN5O7S. The number of hydrogen-bond donors (Lipinski definition) is 2. The molecule has 12 nitrogen and oxygen atoms in total. The molecule has 2 N–H and O–H groups in total. The van der Waals surface area contributed by atoms with Gasteiger partial charge in [-0.2, -0.15) is 5.10 Å². The van der Waals surface area contributed by atoms with Gasteiger partial charge in [-0.1, -0.05) is 92.9 Å². The second-order valence-electron chi connectivity index (χ2n) is 14.2. The minimum atomic E-state index is -4.32. The first-order chi connectivity index (χ1) is 27.5. The molecule has 14 heteroatoms. The van der Waals surface area contributed by atoms with E-state index in [1.807, 2.05) is 36.4 Å². The number of carbonyl (C=O) groups excluding carboxylic acids is 3. The van der Waals surface area contributed by atoms with Crippen LogP contribution >= 0.6 is 11.6 Å². The van der Waals surface area contributed by atoms with Gasteiger partial charge in [-0.3, -0.25) is 14.4 Å². The molecule has 0 radical (unpaired) electrons. The van der Waals surface area contributed by atoms with Gasteiger partial charge in [0.1, 0.15) is 0 Å².